The first kappa shape index (κ1) is 24.8. The SMILES string of the molecule is C=C/C=C(\C=C/C)c1cc(Nc2nc3cc(Oc4ccnc(C(=O)NC)c4)ccc3n2C)ccc1Cl. The maximum atomic E-state index is 11.9. The number of carbonyl (C=O) groups is 1. The second kappa shape index (κ2) is 10.9. The van der Waals surface area contributed by atoms with Gasteiger partial charge in [0.05, 0.1) is 11.0 Å². The van der Waals surface area contributed by atoms with Crippen molar-refractivity contribution in [3.05, 3.63) is 102 Å². The van der Waals surface area contributed by atoms with Gasteiger partial charge in [-0.1, -0.05) is 42.5 Å². The van der Waals surface area contributed by atoms with Crippen molar-refractivity contribution in [3.63, 3.8) is 0 Å². The number of rotatable bonds is 8. The summed E-state index contributed by atoms with van der Waals surface area (Å²) in [7, 11) is 3.50. The molecule has 2 heterocycles. The van der Waals surface area contributed by atoms with Crippen LogP contribution in [-0.2, 0) is 7.05 Å². The number of amides is 1. The van der Waals surface area contributed by atoms with E-state index in [1.54, 1.807) is 25.3 Å². The summed E-state index contributed by atoms with van der Waals surface area (Å²) in [6.45, 7) is 5.76. The van der Waals surface area contributed by atoms with Crippen LogP contribution in [0.4, 0.5) is 11.6 Å². The van der Waals surface area contributed by atoms with Gasteiger partial charge in [0.1, 0.15) is 17.2 Å². The molecule has 182 valence electrons. The number of nitrogens with one attached hydrogen (secondary N) is 2. The lowest BCUT2D eigenvalue weighted by Crippen LogP contribution is -2.18. The fraction of sp³-hybridized carbons (Fsp3) is 0.107. The molecule has 1 amide bonds. The first-order chi connectivity index (χ1) is 17.4. The Hall–Kier alpha value is -4.36. The molecule has 4 rings (SSSR count). The van der Waals surface area contributed by atoms with Crippen molar-refractivity contribution in [2.75, 3.05) is 12.4 Å². The lowest BCUT2D eigenvalue weighted by molar-refractivity contribution is 0.0958. The minimum absolute atomic E-state index is 0.278. The maximum Gasteiger partial charge on any atom is 0.269 e. The smallest absolute Gasteiger partial charge is 0.269 e. The number of allylic oxidation sites excluding steroid dienone is 5. The number of aryl methyl sites for hydroxylation is 1. The molecule has 0 spiro atoms. The lowest BCUT2D eigenvalue weighted by atomic mass is 10.0. The molecule has 0 fully saturated rings. The van der Waals surface area contributed by atoms with Crippen molar-refractivity contribution in [1.82, 2.24) is 19.9 Å². The molecule has 0 bridgehead atoms. The van der Waals surface area contributed by atoms with Crippen LogP contribution in [-0.4, -0.2) is 27.5 Å². The summed E-state index contributed by atoms with van der Waals surface area (Å²) >= 11 is 6.48. The Bertz CT molecular complexity index is 1500. The zero-order valence-electron chi connectivity index (χ0n) is 20.2. The molecule has 0 atom stereocenters. The summed E-state index contributed by atoms with van der Waals surface area (Å²) in [5.74, 6) is 1.50. The highest BCUT2D eigenvalue weighted by Gasteiger charge is 2.12. The van der Waals surface area contributed by atoms with Crippen molar-refractivity contribution in [3.8, 4) is 11.5 Å². The molecule has 4 aromatic rings. The van der Waals surface area contributed by atoms with Crippen LogP contribution in [0.5, 0.6) is 11.5 Å². The van der Waals surface area contributed by atoms with Crippen molar-refractivity contribution >= 4 is 45.8 Å². The predicted molar refractivity (Wildman–Crippen MR) is 146 cm³/mol. The minimum Gasteiger partial charge on any atom is -0.457 e. The summed E-state index contributed by atoms with van der Waals surface area (Å²) in [6, 6.07) is 14.7. The average Bonchev–Trinajstić information content (AvgIpc) is 3.19. The van der Waals surface area contributed by atoms with Gasteiger partial charge in [-0.05, 0) is 48.9 Å². The molecule has 0 aliphatic heterocycles. The highest BCUT2D eigenvalue weighted by Crippen LogP contribution is 2.31. The van der Waals surface area contributed by atoms with Gasteiger partial charge in [-0.3, -0.25) is 9.78 Å². The van der Waals surface area contributed by atoms with Gasteiger partial charge in [-0.25, -0.2) is 4.98 Å². The monoisotopic (exact) mass is 499 g/mol. The van der Waals surface area contributed by atoms with E-state index in [2.05, 4.69) is 22.2 Å². The van der Waals surface area contributed by atoms with E-state index in [0.29, 0.717) is 22.5 Å². The molecule has 2 N–H and O–H groups in total. The van der Waals surface area contributed by atoms with Crippen molar-refractivity contribution in [1.29, 1.82) is 0 Å². The number of fused-ring (bicyclic) bond motifs is 1. The minimum atomic E-state index is -0.278. The summed E-state index contributed by atoms with van der Waals surface area (Å²) in [4.78, 5) is 20.7. The first-order valence-electron chi connectivity index (χ1n) is 11.3. The molecule has 7 nitrogen and oxygen atoms in total. The third kappa shape index (κ3) is 5.31. The third-order valence-electron chi connectivity index (χ3n) is 5.46. The molecule has 8 heteroatoms. The van der Waals surface area contributed by atoms with Crippen LogP contribution in [0, 0.1) is 0 Å². The van der Waals surface area contributed by atoms with Crippen LogP contribution >= 0.6 is 11.6 Å². The van der Waals surface area contributed by atoms with E-state index in [4.69, 9.17) is 21.3 Å². The number of nitrogens with zero attached hydrogens (tertiary/aromatic N) is 3. The summed E-state index contributed by atoms with van der Waals surface area (Å²) in [5, 5.41) is 6.59. The van der Waals surface area contributed by atoms with E-state index in [9.17, 15) is 4.79 Å². The Labute approximate surface area is 214 Å². The Kier molecular flexibility index (Phi) is 7.51. The van der Waals surface area contributed by atoms with Crippen LogP contribution in [0.25, 0.3) is 16.6 Å². The van der Waals surface area contributed by atoms with E-state index in [0.717, 1.165) is 27.9 Å². The number of imidazole rings is 1. The molecular formula is C28H26ClN5O2. The normalized spacial score (nSPS) is 11.6. The average molecular weight is 500 g/mol. The van der Waals surface area contributed by atoms with Gasteiger partial charge in [-0.2, -0.15) is 0 Å². The molecule has 36 heavy (non-hydrogen) atoms. The van der Waals surface area contributed by atoms with Crippen LogP contribution < -0.4 is 15.4 Å². The van der Waals surface area contributed by atoms with E-state index in [-0.39, 0.29) is 11.6 Å². The van der Waals surface area contributed by atoms with Gasteiger partial charge in [0.2, 0.25) is 5.95 Å². The van der Waals surface area contributed by atoms with Gasteiger partial charge < -0.3 is 19.9 Å². The Morgan fingerprint density at radius 2 is 1.94 bits per heavy atom. The molecule has 0 unspecified atom stereocenters. The molecule has 2 aromatic carbocycles. The number of halogens is 1. The van der Waals surface area contributed by atoms with Crippen molar-refractivity contribution in [2.24, 2.45) is 7.05 Å². The summed E-state index contributed by atoms with van der Waals surface area (Å²) < 4.78 is 7.93. The zero-order valence-corrected chi connectivity index (χ0v) is 21.0. The van der Waals surface area contributed by atoms with Gasteiger partial charge in [0.25, 0.3) is 5.91 Å². The van der Waals surface area contributed by atoms with Gasteiger partial charge in [-0.15, -0.1) is 0 Å². The number of benzene rings is 2. The highest BCUT2D eigenvalue weighted by atomic mass is 35.5. The Balaban J connectivity index is 1.61. The summed E-state index contributed by atoms with van der Waals surface area (Å²) in [6.07, 6.45) is 9.14. The fourth-order valence-electron chi connectivity index (χ4n) is 3.71. The zero-order chi connectivity index (χ0) is 25.7. The second-order valence-electron chi connectivity index (χ2n) is 7.88. The van der Waals surface area contributed by atoms with Gasteiger partial charge in [0.15, 0.2) is 0 Å². The van der Waals surface area contributed by atoms with Crippen molar-refractivity contribution in [2.45, 2.75) is 6.92 Å². The number of hydrogen-bond donors (Lipinski definition) is 2. The van der Waals surface area contributed by atoms with Crippen LogP contribution in [0.2, 0.25) is 5.02 Å². The molecule has 2 aromatic heterocycles. The number of anilines is 2. The highest BCUT2D eigenvalue weighted by molar-refractivity contribution is 6.32. The molecular weight excluding hydrogens is 474 g/mol. The first-order valence-corrected chi connectivity index (χ1v) is 11.7. The molecule has 0 radical (unpaired) electrons. The third-order valence-corrected chi connectivity index (χ3v) is 5.79. The predicted octanol–water partition coefficient (Wildman–Crippen LogP) is 6.66. The molecule has 0 aliphatic carbocycles. The quantitative estimate of drug-likeness (QED) is 0.265. The number of pyridine rings is 1. The molecule has 0 saturated heterocycles. The van der Waals surface area contributed by atoms with E-state index < -0.39 is 0 Å². The van der Waals surface area contributed by atoms with Gasteiger partial charge >= 0.3 is 0 Å². The van der Waals surface area contributed by atoms with Crippen LogP contribution in [0.1, 0.15) is 23.0 Å². The topological polar surface area (TPSA) is 81.1 Å². The lowest BCUT2D eigenvalue weighted by Gasteiger charge is -2.11. The van der Waals surface area contributed by atoms with Crippen LogP contribution in [0.15, 0.2) is 85.6 Å². The number of aromatic nitrogens is 3. The van der Waals surface area contributed by atoms with Crippen molar-refractivity contribution < 1.29 is 9.53 Å². The number of carbonyl (C=O) groups excluding carboxylic acids is 1. The molecule has 0 saturated carbocycles. The Morgan fingerprint density at radius 1 is 1.14 bits per heavy atom. The van der Waals surface area contributed by atoms with Gasteiger partial charge in [0, 0.05) is 48.7 Å². The summed E-state index contributed by atoms with van der Waals surface area (Å²) in [5.41, 5.74) is 4.67. The van der Waals surface area contributed by atoms with Crippen LogP contribution in [0.3, 0.4) is 0 Å². The van der Waals surface area contributed by atoms with E-state index in [1.165, 1.54) is 6.20 Å². The van der Waals surface area contributed by atoms with E-state index >= 15 is 0 Å². The number of ether oxygens (including phenoxy) is 1. The maximum absolute atomic E-state index is 11.9. The van der Waals surface area contributed by atoms with E-state index in [1.807, 2.05) is 73.2 Å². The standard InChI is InChI=1S/C28H26ClN5O2/c1-5-7-18(8-6-2)22-15-19(9-11-23(22)29)32-28-33-24-16-20(10-12-26(24)34(28)4)36-21-13-14-31-25(17-21)27(35)30-3/h5-17H,1H2,2-4H3,(H,30,35)(H,32,33)/b8-6-,18-7+. The molecule has 0 aliphatic rings. The second-order valence-corrected chi connectivity index (χ2v) is 8.29. The Morgan fingerprint density at radius 3 is 2.69 bits per heavy atom. The largest absolute Gasteiger partial charge is 0.457 e. The fourth-order valence-corrected chi connectivity index (χ4v) is 3.94. The number of hydrogen-bond acceptors (Lipinski definition) is 5.